The molecule has 1 aromatic rings. The number of halogens is 3. The second kappa shape index (κ2) is 4.65. The average molecular weight is 232 g/mol. The third-order valence-corrected chi connectivity index (χ3v) is 2.12. The largest absolute Gasteiger partial charge is 0.416 e. The van der Waals surface area contributed by atoms with E-state index in [0.29, 0.717) is 0 Å². The topological polar surface area (TPSA) is 26.3 Å². The van der Waals surface area contributed by atoms with Crippen LogP contribution in [0.5, 0.6) is 0 Å². The van der Waals surface area contributed by atoms with Crippen molar-refractivity contribution >= 4 is 5.78 Å². The fraction of sp³-hybridized carbons (Fsp3) is 0.364. The molecule has 0 heterocycles. The molecule has 0 radical (unpaired) electrons. The zero-order chi connectivity index (χ0) is 12.3. The number of ketones is 1. The second-order valence-electron chi connectivity index (χ2n) is 3.36. The number of Topliss-reactive ketones (excluding diaryl/α,β-unsaturated/α-hetero) is 1. The molecule has 0 aliphatic heterocycles. The molecule has 0 saturated carbocycles. The molecule has 1 rings (SSSR count). The molecule has 2 nitrogen and oxygen atoms in total. The summed E-state index contributed by atoms with van der Waals surface area (Å²) in [6, 6.07) is 3.49. The lowest BCUT2D eigenvalue weighted by molar-refractivity contribution is -0.138. The highest BCUT2D eigenvalue weighted by atomic mass is 19.4. The summed E-state index contributed by atoms with van der Waals surface area (Å²) in [4.78, 5) is 11.0. The van der Waals surface area contributed by atoms with Gasteiger partial charge in [0.1, 0.15) is 0 Å². The monoisotopic (exact) mass is 232 g/mol. The minimum absolute atomic E-state index is 0.0278. The van der Waals surface area contributed by atoms with E-state index in [1.54, 1.807) is 0 Å². The van der Waals surface area contributed by atoms with Crippen LogP contribution in [-0.2, 0) is 17.5 Å². The Labute approximate surface area is 91.0 Å². The summed E-state index contributed by atoms with van der Waals surface area (Å²) in [6.45, 7) is 1.10. The second-order valence-corrected chi connectivity index (χ2v) is 3.36. The number of carbonyl (C=O) groups excluding carboxylic acids is 1. The van der Waals surface area contributed by atoms with Crippen LogP contribution in [0, 0.1) is 0 Å². The number of methoxy groups -OCH3 is 1. The van der Waals surface area contributed by atoms with Gasteiger partial charge < -0.3 is 4.74 Å². The van der Waals surface area contributed by atoms with Crippen LogP contribution in [0.1, 0.15) is 28.4 Å². The van der Waals surface area contributed by atoms with Crippen LogP contribution in [-0.4, -0.2) is 12.9 Å². The minimum atomic E-state index is -4.47. The van der Waals surface area contributed by atoms with Gasteiger partial charge in [-0.05, 0) is 18.6 Å². The van der Waals surface area contributed by atoms with Gasteiger partial charge in [-0.1, -0.05) is 12.1 Å². The summed E-state index contributed by atoms with van der Waals surface area (Å²) in [7, 11) is 1.32. The van der Waals surface area contributed by atoms with Gasteiger partial charge in [-0.3, -0.25) is 4.79 Å². The molecule has 0 unspecified atom stereocenters. The lowest BCUT2D eigenvalue weighted by atomic mass is 10.0. The normalized spacial score (nSPS) is 11.6. The van der Waals surface area contributed by atoms with E-state index in [0.717, 1.165) is 6.07 Å². The Kier molecular flexibility index (Phi) is 3.70. The van der Waals surface area contributed by atoms with Crippen LogP contribution in [0.4, 0.5) is 13.2 Å². The highest BCUT2D eigenvalue weighted by molar-refractivity contribution is 5.94. The van der Waals surface area contributed by atoms with Crippen molar-refractivity contribution in [2.75, 3.05) is 7.11 Å². The van der Waals surface area contributed by atoms with Crippen molar-refractivity contribution < 1.29 is 22.7 Å². The van der Waals surface area contributed by atoms with Crippen LogP contribution in [0.25, 0.3) is 0 Å². The number of carbonyl (C=O) groups is 1. The summed E-state index contributed by atoms with van der Waals surface area (Å²) in [5.74, 6) is -0.394. The first-order chi connectivity index (χ1) is 7.36. The van der Waals surface area contributed by atoms with E-state index >= 15 is 0 Å². The van der Waals surface area contributed by atoms with Crippen molar-refractivity contribution in [1.29, 1.82) is 0 Å². The van der Waals surface area contributed by atoms with Gasteiger partial charge in [-0.25, -0.2) is 0 Å². The molecule has 0 amide bonds. The van der Waals surface area contributed by atoms with Gasteiger partial charge in [0.2, 0.25) is 0 Å². The predicted molar refractivity (Wildman–Crippen MR) is 52.2 cm³/mol. The molecule has 0 fully saturated rings. The van der Waals surface area contributed by atoms with E-state index in [9.17, 15) is 18.0 Å². The highest BCUT2D eigenvalue weighted by Gasteiger charge is 2.33. The quantitative estimate of drug-likeness (QED) is 0.748. The summed E-state index contributed by atoms with van der Waals surface area (Å²) < 4.78 is 42.6. The van der Waals surface area contributed by atoms with Crippen molar-refractivity contribution in [3.63, 3.8) is 0 Å². The van der Waals surface area contributed by atoms with Gasteiger partial charge in [-0.2, -0.15) is 13.2 Å². The molecule has 0 aliphatic carbocycles. The van der Waals surface area contributed by atoms with E-state index < -0.39 is 17.5 Å². The molecular formula is C11H11F3O2. The maximum atomic E-state index is 12.6. The standard InChI is InChI=1S/C11H11F3O2/c1-7(15)8-3-4-9(6-16-2)10(5-8)11(12,13)14/h3-5H,6H2,1-2H3. The zero-order valence-electron chi connectivity index (χ0n) is 8.89. The Hall–Kier alpha value is -1.36. The number of hydrogen-bond acceptors (Lipinski definition) is 2. The first kappa shape index (κ1) is 12.7. The van der Waals surface area contributed by atoms with Gasteiger partial charge in [-0.15, -0.1) is 0 Å². The molecule has 0 aromatic heterocycles. The highest BCUT2D eigenvalue weighted by Crippen LogP contribution is 2.33. The summed E-state index contributed by atoms with van der Waals surface area (Å²) in [5, 5.41) is 0. The molecule has 88 valence electrons. The Morgan fingerprint density at radius 1 is 1.38 bits per heavy atom. The van der Waals surface area contributed by atoms with Crippen molar-refractivity contribution in [2.24, 2.45) is 0 Å². The Morgan fingerprint density at radius 3 is 2.44 bits per heavy atom. The van der Waals surface area contributed by atoms with Gasteiger partial charge >= 0.3 is 6.18 Å². The van der Waals surface area contributed by atoms with Gasteiger partial charge in [0, 0.05) is 12.7 Å². The SMILES string of the molecule is COCc1ccc(C(C)=O)cc1C(F)(F)F. The van der Waals surface area contributed by atoms with Crippen LogP contribution in [0.15, 0.2) is 18.2 Å². The number of hydrogen-bond donors (Lipinski definition) is 0. The van der Waals surface area contributed by atoms with Crippen molar-refractivity contribution in [3.05, 3.63) is 34.9 Å². The lowest BCUT2D eigenvalue weighted by Gasteiger charge is -2.13. The smallest absolute Gasteiger partial charge is 0.380 e. The number of alkyl halides is 3. The van der Waals surface area contributed by atoms with Crippen LogP contribution < -0.4 is 0 Å². The fourth-order valence-electron chi connectivity index (χ4n) is 1.34. The third kappa shape index (κ3) is 2.82. The number of ether oxygens (including phenoxy) is 1. The van der Waals surface area contributed by atoms with E-state index in [4.69, 9.17) is 0 Å². The lowest BCUT2D eigenvalue weighted by Crippen LogP contribution is -2.11. The van der Waals surface area contributed by atoms with E-state index in [1.807, 2.05) is 0 Å². The first-order valence-electron chi connectivity index (χ1n) is 4.56. The van der Waals surface area contributed by atoms with Crippen molar-refractivity contribution in [1.82, 2.24) is 0 Å². The Balaban J connectivity index is 3.27. The average Bonchev–Trinajstić information content (AvgIpc) is 2.16. The van der Waals surface area contributed by atoms with Gasteiger partial charge in [0.15, 0.2) is 5.78 Å². The fourth-order valence-corrected chi connectivity index (χ4v) is 1.34. The molecule has 0 N–H and O–H groups in total. The van der Waals surface area contributed by atoms with Crippen molar-refractivity contribution in [3.8, 4) is 0 Å². The molecule has 0 aliphatic rings. The molecule has 0 saturated heterocycles. The van der Waals surface area contributed by atoms with Crippen LogP contribution in [0.3, 0.4) is 0 Å². The molecule has 0 atom stereocenters. The van der Waals surface area contributed by atoms with Crippen LogP contribution in [0.2, 0.25) is 0 Å². The maximum Gasteiger partial charge on any atom is 0.416 e. The van der Waals surface area contributed by atoms with Gasteiger partial charge in [0.05, 0.1) is 12.2 Å². The molecule has 16 heavy (non-hydrogen) atoms. The van der Waals surface area contributed by atoms with E-state index in [-0.39, 0.29) is 17.7 Å². The van der Waals surface area contributed by atoms with E-state index in [2.05, 4.69) is 4.74 Å². The van der Waals surface area contributed by atoms with Crippen molar-refractivity contribution in [2.45, 2.75) is 19.7 Å². The maximum absolute atomic E-state index is 12.6. The summed E-state index contributed by atoms with van der Waals surface area (Å²) in [6.07, 6.45) is -4.47. The first-order valence-corrected chi connectivity index (χ1v) is 4.56. The van der Waals surface area contributed by atoms with E-state index in [1.165, 1.54) is 26.2 Å². The third-order valence-electron chi connectivity index (χ3n) is 2.12. The number of rotatable bonds is 3. The molecule has 5 heteroatoms. The molecule has 0 bridgehead atoms. The molecular weight excluding hydrogens is 221 g/mol. The zero-order valence-corrected chi connectivity index (χ0v) is 8.89. The summed E-state index contributed by atoms with van der Waals surface area (Å²) in [5.41, 5.74) is -0.741. The Bertz CT molecular complexity index is 397. The minimum Gasteiger partial charge on any atom is -0.380 e. The predicted octanol–water partition coefficient (Wildman–Crippen LogP) is 3.05. The number of benzene rings is 1. The Morgan fingerprint density at radius 2 is 2.00 bits per heavy atom. The van der Waals surface area contributed by atoms with Crippen LogP contribution >= 0.6 is 0 Å². The van der Waals surface area contributed by atoms with Gasteiger partial charge in [0.25, 0.3) is 0 Å². The molecule has 0 spiro atoms. The molecule has 1 aromatic carbocycles. The summed E-state index contributed by atoms with van der Waals surface area (Å²) >= 11 is 0.